The second kappa shape index (κ2) is 6.17. The number of aliphatic carboxylic acids is 1. The Morgan fingerprint density at radius 3 is 2.76 bits per heavy atom. The van der Waals surface area contributed by atoms with Crippen LogP contribution in [0, 0.1) is 0 Å². The largest absolute Gasteiger partial charge is 0.497 e. The van der Waals surface area contributed by atoms with E-state index in [2.05, 4.69) is 0 Å². The van der Waals surface area contributed by atoms with E-state index in [0.29, 0.717) is 23.5 Å². The van der Waals surface area contributed by atoms with Crippen LogP contribution in [-0.4, -0.2) is 44.2 Å². The van der Waals surface area contributed by atoms with Crippen molar-refractivity contribution in [2.45, 2.75) is 12.5 Å². The lowest BCUT2D eigenvalue weighted by molar-refractivity contribution is -0.131. The van der Waals surface area contributed by atoms with Gasteiger partial charge in [0.2, 0.25) is 0 Å². The minimum Gasteiger partial charge on any atom is -0.497 e. The molecule has 21 heavy (non-hydrogen) atoms. The van der Waals surface area contributed by atoms with Gasteiger partial charge in [0.15, 0.2) is 9.84 Å². The van der Waals surface area contributed by atoms with E-state index in [1.54, 1.807) is 18.2 Å². The first-order valence-electron chi connectivity index (χ1n) is 6.36. The second-order valence-electron chi connectivity index (χ2n) is 4.72. The van der Waals surface area contributed by atoms with Crippen LogP contribution < -0.4 is 9.47 Å². The smallest absolute Gasteiger partial charge is 0.328 e. The summed E-state index contributed by atoms with van der Waals surface area (Å²) in [5, 5.41) is 8.69. The predicted molar refractivity (Wildman–Crippen MR) is 77.4 cm³/mol. The minimum atomic E-state index is -3.04. The molecule has 0 radical (unpaired) electrons. The van der Waals surface area contributed by atoms with E-state index in [4.69, 9.17) is 14.6 Å². The fourth-order valence-electron chi connectivity index (χ4n) is 2.08. The van der Waals surface area contributed by atoms with Crippen LogP contribution in [0.5, 0.6) is 11.5 Å². The number of carbonyl (C=O) groups is 1. The summed E-state index contributed by atoms with van der Waals surface area (Å²) in [6, 6.07) is 4.96. The van der Waals surface area contributed by atoms with Crippen molar-refractivity contribution >= 4 is 21.9 Å². The molecule has 1 aromatic rings. The summed E-state index contributed by atoms with van der Waals surface area (Å²) >= 11 is 0. The molecule has 0 spiro atoms. The third-order valence-electron chi connectivity index (χ3n) is 3.11. The van der Waals surface area contributed by atoms with E-state index in [9.17, 15) is 13.2 Å². The summed E-state index contributed by atoms with van der Waals surface area (Å²) in [6.45, 7) is 0. The summed E-state index contributed by atoms with van der Waals surface area (Å²) in [7, 11) is -1.53. The average molecular weight is 312 g/mol. The van der Waals surface area contributed by atoms with Gasteiger partial charge in [0.05, 0.1) is 18.6 Å². The molecule has 114 valence electrons. The van der Waals surface area contributed by atoms with Crippen LogP contribution in [0.3, 0.4) is 0 Å². The van der Waals surface area contributed by atoms with Crippen molar-refractivity contribution in [2.75, 3.05) is 18.6 Å². The topological polar surface area (TPSA) is 89.9 Å². The van der Waals surface area contributed by atoms with Gasteiger partial charge in [-0.3, -0.25) is 0 Å². The summed E-state index contributed by atoms with van der Waals surface area (Å²) in [5.74, 6) is -0.0127. The Bertz CT molecular complexity index is 662. The summed E-state index contributed by atoms with van der Waals surface area (Å²) < 4.78 is 33.7. The average Bonchev–Trinajstić information content (AvgIpc) is 2.76. The molecular formula is C14H16O6S. The monoisotopic (exact) mass is 312 g/mol. The Labute approximate surface area is 122 Å². The summed E-state index contributed by atoms with van der Waals surface area (Å²) in [4.78, 5) is 10.6. The van der Waals surface area contributed by atoms with Crippen molar-refractivity contribution in [3.8, 4) is 11.5 Å². The second-order valence-corrected chi connectivity index (χ2v) is 6.95. The van der Waals surface area contributed by atoms with Gasteiger partial charge in [-0.2, -0.15) is 0 Å². The predicted octanol–water partition coefficient (Wildman–Crippen LogP) is 1.36. The molecule has 1 atom stereocenters. The van der Waals surface area contributed by atoms with E-state index in [-0.39, 0.29) is 11.5 Å². The zero-order valence-electron chi connectivity index (χ0n) is 11.5. The molecule has 1 unspecified atom stereocenters. The molecule has 7 heteroatoms. The maximum Gasteiger partial charge on any atom is 0.328 e. The van der Waals surface area contributed by atoms with Crippen molar-refractivity contribution in [3.05, 3.63) is 29.8 Å². The van der Waals surface area contributed by atoms with E-state index in [1.807, 2.05) is 0 Å². The molecule has 1 aromatic carbocycles. The van der Waals surface area contributed by atoms with Gasteiger partial charge in [-0.15, -0.1) is 0 Å². The van der Waals surface area contributed by atoms with Crippen molar-refractivity contribution in [2.24, 2.45) is 0 Å². The molecule has 1 aliphatic rings. The molecule has 0 bridgehead atoms. The van der Waals surface area contributed by atoms with Gasteiger partial charge in [-0.1, -0.05) is 0 Å². The van der Waals surface area contributed by atoms with Crippen molar-refractivity contribution < 1.29 is 27.8 Å². The number of hydrogen-bond acceptors (Lipinski definition) is 5. The van der Waals surface area contributed by atoms with E-state index < -0.39 is 21.9 Å². The Hall–Kier alpha value is -2.02. The zero-order valence-corrected chi connectivity index (χ0v) is 12.3. The molecule has 2 rings (SSSR count). The molecule has 1 saturated heterocycles. The van der Waals surface area contributed by atoms with E-state index >= 15 is 0 Å². The van der Waals surface area contributed by atoms with Crippen molar-refractivity contribution in [1.82, 2.24) is 0 Å². The standard InChI is InChI=1S/C14H16O6S/c1-19-11-4-2-10(3-5-14(15)16)13(8-11)20-12-6-7-21(17,18)9-12/h2-5,8,12H,6-7,9H2,1H3,(H,15,16). The highest BCUT2D eigenvalue weighted by atomic mass is 32.2. The lowest BCUT2D eigenvalue weighted by atomic mass is 10.1. The van der Waals surface area contributed by atoms with E-state index in [1.165, 1.54) is 13.2 Å². The molecular weight excluding hydrogens is 296 g/mol. The maximum atomic E-state index is 11.5. The van der Waals surface area contributed by atoms with Gasteiger partial charge in [0.1, 0.15) is 17.6 Å². The Morgan fingerprint density at radius 2 is 2.19 bits per heavy atom. The van der Waals surface area contributed by atoms with Crippen LogP contribution in [0.25, 0.3) is 6.08 Å². The lowest BCUT2D eigenvalue weighted by Crippen LogP contribution is -2.18. The number of benzene rings is 1. The third kappa shape index (κ3) is 4.22. The van der Waals surface area contributed by atoms with Crippen LogP contribution in [0.15, 0.2) is 24.3 Å². The third-order valence-corrected chi connectivity index (χ3v) is 4.85. The van der Waals surface area contributed by atoms with Gasteiger partial charge in [-0.25, -0.2) is 13.2 Å². The minimum absolute atomic E-state index is 0.0215. The number of carboxylic acid groups (broad SMARTS) is 1. The van der Waals surface area contributed by atoms with Gasteiger partial charge in [0, 0.05) is 17.7 Å². The quantitative estimate of drug-likeness (QED) is 0.826. The van der Waals surface area contributed by atoms with Crippen molar-refractivity contribution in [3.63, 3.8) is 0 Å². The molecule has 0 aromatic heterocycles. The molecule has 0 aliphatic carbocycles. The van der Waals surface area contributed by atoms with Crippen LogP contribution in [-0.2, 0) is 14.6 Å². The normalized spacial score (nSPS) is 20.5. The van der Waals surface area contributed by atoms with Gasteiger partial charge in [0.25, 0.3) is 0 Å². The highest BCUT2D eigenvalue weighted by molar-refractivity contribution is 7.91. The Balaban J connectivity index is 2.25. The molecule has 1 N–H and O–H groups in total. The first-order valence-corrected chi connectivity index (χ1v) is 8.18. The number of methoxy groups -OCH3 is 1. The first kappa shape index (κ1) is 15.4. The Morgan fingerprint density at radius 1 is 1.43 bits per heavy atom. The number of hydrogen-bond donors (Lipinski definition) is 1. The summed E-state index contributed by atoms with van der Waals surface area (Å²) in [6.07, 6.45) is 2.42. The summed E-state index contributed by atoms with van der Waals surface area (Å²) in [5.41, 5.74) is 0.558. The number of sulfone groups is 1. The fourth-order valence-corrected chi connectivity index (χ4v) is 3.67. The highest BCUT2D eigenvalue weighted by Crippen LogP contribution is 2.29. The van der Waals surface area contributed by atoms with Crippen LogP contribution >= 0.6 is 0 Å². The number of ether oxygens (including phenoxy) is 2. The van der Waals surface area contributed by atoms with Gasteiger partial charge >= 0.3 is 5.97 Å². The van der Waals surface area contributed by atoms with Gasteiger partial charge in [-0.05, 0) is 24.6 Å². The maximum absolute atomic E-state index is 11.5. The number of carboxylic acids is 1. The fraction of sp³-hybridized carbons (Fsp3) is 0.357. The SMILES string of the molecule is COc1ccc(C=CC(=O)O)c(OC2CCS(=O)(=O)C2)c1. The van der Waals surface area contributed by atoms with Crippen molar-refractivity contribution in [1.29, 1.82) is 0 Å². The molecule has 1 fully saturated rings. The lowest BCUT2D eigenvalue weighted by Gasteiger charge is -2.15. The molecule has 1 heterocycles. The van der Waals surface area contributed by atoms with Crippen LogP contribution in [0.2, 0.25) is 0 Å². The molecule has 6 nitrogen and oxygen atoms in total. The van der Waals surface area contributed by atoms with Gasteiger partial charge < -0.3 is 14.6 Å². The molecule has 1 aliphatic heterocycles. The number of rotatable bonds is 5. The molecule has 0 saturated carbocycles. The van der Waals surface area contributed by atoms with E-state index in [0.717, 1.165) is 6.08 Å². The molecule has 0 amide bonds. The van der Waals surface area contributed by atoms with Crippen LogP contribution in [0.4, 0.5) is 0 Å². The van der Waals surface area contributed by atoms with Crippen LogP contribution in [0.1, 0.15) is 12.0 Å². The Kier molecular flexibility index (Phi) is 4.52. The zero-order chi connectivity index (χ0) is 15.5. The highest BCUT2D eigenvalue weighted by Gasteiger charge is 2.29. The first-order chi connectivity index (χ1) is 9.89.